The van der Waals surface area contributed by atoms with Gasteiger partial charge in [0.2, 0.25) is 0 Å². The Morgan fingerprint density at radius 3 is 0.861 bits per heavy atom. The Hall–Kier alpha value is -4.19. The van der Waals surface area contributed by atoms with E-state index in [1.165, 1.54) is 57.8 Å². The molecule has 0 heterocycles. The molecule has 0 bridgehead atoms. The highest BCUT2D eigenvalue weighted by Gasteiger charge is 2.19. The lowest BCUT2D eigenvalue weighted by Gasteiger charge is -2.18. The molecule has 1 atom stereocenters. The Labute approximate surface area is 443 Å². The van der Waals surface area contributed by atoms with Gasteiger partial charge in [0.05, 0.1) is 0 Å². The average Bonchev–Trinajstić information content (AvgIpc) is 3.38. The molecule has 408 valence electrons. The lowest BCUT2D eigenvalue weighted by atomic mass is 10.1. The predicted molar refractivity (Wildman–Crippen MR) is 311 cm³/mol. The minimum Gasteiger partial charge on any atom is -0.462 e. The maximum atomic E-state index is 12.8. The second-order valence-electron chi connectivity index (χ2n) is 19.2. The standard InChI is InChI=1S/C66H108O6/c1-4-7-10-13-16-19-22-25-27-28-29-30-31-32-33-34-35-36-37-38-40-41-44-47-50-53-56-59-65(68)71-62-63(61-70-64(67)58-55-52-49-46-43-24-21-18-15-12-9-6-3)72-66(69)60-57-54-51-48-45-42-39-26-23-20-17-14-11-8-5-2/h7,10,16-21,25-27,29-30,32-33,35-36,38-40,63H,4-6,8-9,11-15,22-24,28,31,34,37,41-62H2,1-3H3/b10-7-,19-16-,20-17-,21-18-,27-25-,30-29-,33-32-,36-35-,39-26-,40-38-. The van der Waals surface area contributed by atoms with Gasteiger partial charge in [-0.05, 0) is 135 Å². The molecule has 0 rings (SSSR count). The highest BCUT2D eigenvalue weighted by molar-refractivity contribution is 5.71. The third-order valence-electron chi connectivity index (χ3n) is 12.2. The summed E-state index contributed by atoms with van der Waals surface area (Å²) in [5.74, 6) is -0.941. The van der Waals surface area contributed by atoms with Gasteiger partial charge in [-0.25, -0.2) is 0 Å². The molecule has 1 unspecified atom stereocenters. The third kappa shape index (κ3) is 56.7. The molecule has 0 N–H and O–H groups in total. The Kier molecular flexibility index (Phi) is 55.9. The number of ether oxygens (including phenoxy) is 3. The molecule has 0 aliphatic rings. The number of hydrogen-bond donors (Lipinski definition) is 0. The Morgan fingerprint density at radius 1 is 0.292 bits per heavy atom. The van der Waals surface area contributed by atoms with Crippen molar-refractivity contribution in [3.8, 4) is 0 Å². The summed E-state index contributed by atoms with van der Waals surface area (Å²) < 4.78 is 16.8. The number of esters is 3. The Bertz CT molecular complexity index is 1520. The number of allylic oxidation sites excluding steroid dienone is 20. The Morgan fingerprint density at radius 2 is 0.542 bits per heavy atom. The van der Waals surface area contributed by atoms with Crippen LogP contribution in [0.5, 0.6) is 0 Å². The third-order valence-corrected chi connectivity index (χ3v) is 12.2. The van der Waals surface area contributed by atoms with Crippen LogP contribution in [0.2, 0.25) is 0 Å². The summed E-state index contributed by atoms with van der Waals surface area (Å²) in [5, 5.41) is 0. The van der Waals surface area contributed by atoms with Crippen LogP contribution in [0.15, 0.2) is 122 Å². The van der Waals surface area contributed by atoms with E-state index in [9.17, 15) is 14.4 Å². The molecular weight excluding hydrogens is 889 g/mol. The van der Waals surface area contributed by atoms with Crippen molar-refractivity contribution in [3.05, 3.63) is 122 Å². The fraction of sp³-hybridized carbons (Fsp3) is 0.652. The molecule has 0 saturated carbocycles. The summed E-state index contributed by atoms with van der Waals surface area (Å²) >= 11 is 0. The van der Waals surface area contributed by atoms with Gasteiger partial charge in [-0.2, -0.15) is 0 Å². The van der Waals surface area contributed by atoms with Crippen molar-refractivity contribution in [2.24, 2.45) is 0 Å². The van der Waals surface area contributed by atoms with Gasteiger partial charge >= 0.3 is 17.9 Å². The average molecular weight is 998 g/mol. The van der Waals surface area contributed by atoms with Gasteiger partial charge < -0.3 is 14.2 Å². The molecule has 0 aliphatic heterocycles. The van der Waals surface area contributed by atoms with Gasteiger partial charge in [0.1, 0.15) is 13.2 Å². The fourth-order valence-corrected chi connectivity index (χ4v) is 7.74. The van der Waals surface area contributed by atoms with Crippen LogP contribution in [-0.4, -0.2) is 37.2 Å². The van der Waals surface area contributed by atoms with Crippen molar-refractivity contribution in [2.45, 2.75) is 264 Å². The molecule has 0 aromatic carbocycles. The maximum absolute atomic E-state index is 12.8. The summed E-state index contributed by atoms with van der Waals surface area (Å²) in [4.78, 5) is 38.1. The second kappa shape index (κ2) is 59.4. The maximum Gasteiger partial charge on any atom is 0.306 e. The topological polar surface area (TPSA) is 78.9 Å². The van der Waals surface area contributed by atoms with Crippen LogP contribution in [-0.2, 0) is 28.6 Å². The van der Waals surface area contributed by atoms with Crippen LogP contribution in [0, 0.1) is 0 Å². The first-order valence-corrected chi connectivity index (χ1v) is 29.5. The molecule has 6 heteroatoms. The zero-order valence-corrected chi connectivity index (χ0v) is 46.7. The van der Waals surface area contributed by atoms with Crippen LogP contribution in [0.4, 0.5) is 0 Å². The molecule has 72 heavy (non-hydrogen) atoms. The van der Waals surface area contributed by atoms with E-state index in [4.69, 9.17) is 14.2 Å². The van der Waals surface area contributed by atoms with E-state index in [-0.39, 0.29) is 31.1 Å². The smallest absolute Gasteiger partial charge is 0.306 e. The number of unbranched alkanes of at least 4 members (excludes halogenated alkanes) is 21. The summed E-state index contributed by atoms with van der Waals surface area (Å²) in [6.45, 7) is 6.43. The molecular formula is C66H108O6. The first-order chi connectivity index (χ1) is 35.5. The SMILES string of the molecule is CC/C=C\C/C=C\C/C=C\C/C=C\C/C=C\C/C=C\C/C=C\CCCCCCCC(=O)OCC(COC(=O)CCCCCCC/C=C\CCCCC)OC(=O)CCCCCCC/C=C\C/C=C\CCCCC. The van der Waals surface area contributed by atoms with Crippen molar-refractivity contribution < 1.29 is 28.6 Å². The summed E-state index contributed by atoms with van der Waals surface area (Å²) in [6.07, 6.45) is 81.9. The van der Waals surface area contributed by atoms with E-state index < -0.39 is 6.10 Å². The quantitative estimate of drug-likeness (QED) is 0.0261. The van der Waals surface area contributed by atoms with Crippen LogP contribution < -0.4 is 0 Å². The van der Waals surface area contributed by atoms with Gasteiger partial charge in [0, 0.05) is 19.3 Å². The van der Waals surface area contributed by atoms with Gasteiger partial charge in [-0.3, -0.25) is 14.4 Å². The van der Waals surface area contributed by atoms with Gasteiger partial charge in [0.25, 0.3) is 0 Å². The fourth-order valence-electron chi connectivity index (χ4n) is 7.74. The molecule has 0 spiro atoms. The first-order valence-electron chi connectivity index (χ1n) is 29.5. The molecule has 0 amide bonds. The monoisotopic (exact) mass is 997 g/mol. The van der Waals surface area contributed by atoms with Crippen molar-refractivity contribution in [1.82, 2.24) is 0 Å². The van der Waals surface area contributed by atoms with Gasteiger partial charge in [0.15, 0.2) is 6.10 Å². The minimum atomic E-state index is -0.800. The summed E-state index contributed by atoms with van der Waals surface area (Å²) in [5.41, 5.74) is 0. The molecule has 0 aromatic heterocycles. The first kappa shape index (κ1) is 67.8. The van der Waals surface area contributed by atoms with E-state index in [0.717, 1.165) is 161 Å². The van der Waals surface area contributed by atoms with E-state index >= 15 is 0 Å². The lowest BCUT2D eigenvalue weighted by molar-refractivity contribution is -0.167. The van der Waals surface area contributed by atoms with Gasteiger partial charge in [-0.1, -0.05) is 226 Å². The van der Waals surface area contributed by atoms with Crippen LogP contribution in [0.1, 0.15) is 258 Å². The molecule has 6 nitrogen and oxygen atoms in total. The van der Waals surface area contributed by atoms with Crippen LogP contribution in [0.3, 0.4) is 0 Å². The minimum absolute atomic E-state index is 0.0968. The lowest BCUT2D eigenvalue weighted by Crippen LogP contribution is -2.30. The highest BCUT2D eigenvalue weighted by Crippen LogP contribution is 2.13. The molecule has 0 aliphatic carbocycles. The van der Waals surface area contributed by atoms with E-state index in [1.807, 2.05) is 0 Å². The number of hydrogen-bond acceptors (Lipinski definition) is 6. The van der Waals surface area contributed by atoms with Crippen molar-refractivity contribution in [2.75, 3.05) is 13.2 Å². The van der Waals surface area contributed by atoms with E-state index in [1.54, 1.807) is 0 Å². The second-order valence-corrected chi connectivity index (χ2v) is 19.2. The Balaban J connectivity index is 4.38. The van der Waals surface area contributed by atoms with Crippen LogP contribution >= 0.6 is 0 Å². The molecule has 0 aromatic rings. The molecule has 0 saturated heterocycles. The largest absolute Gasteiger partial charge is 0.462 e. The zero-order chi connectivity index (χ0) is 52.2. The summed E-state index contributed by atoms with van der Waals surface area (Å²) in [7, 11) is 0. The molecule has 0 radical (unpaired) electrons. The number of rotatable bonds is 52. The zero-order valence-electron chi connectivity index (χ0n) is 46.7. The number of carbonyl (C=O) groups is 3. The van der Waals surface area contributed by atoms with Crippen molar-refractivity contribution in [3.63, 3.8) is 0 Å². The van der Waals surface area contributed by atoms with E-state index in [2.05, 4.69) is 142 Å². The normalized spacial score (nSPS) is 13.0. The van der Waals surface area contributed by atoms with Crippen molar-refractivity contribution in [1.29, 1.82) is 0 Å². The summed E-state index contributed by atoms with van der Waals surface area (Å²) in [6, 6.07) is 0. The number of carbonyl (C=O) groups excluding carboxylic acids is 3. The predicted octanol–water partition coefficient (Wildman–Crippen LogP) is 20.0. The van der Waals surface area contributed by atoms with Crippen molar-refractivity contribution >= 4 is 17.9 Å². The molecule has 0 fully saturated rings. The van der Waals surface area contributed by atoms with Gasteiger partial charge in [-0.15, -0.1) is 0 Å². The van der Waals surface area contributed by atoms with E-state index in [0.29, 0.717) is 19.3 Å². The highest BCUT2D eigenvalue weighted by atomic mass is 16.6. The van der Waals surface area contributed by atoms with Crippen LogP contribution in [0.25, 0.3) is 0 Å².